The summed E-state index contributed by atoms with van der Waals surface area (Å²) in [6.45, 7) is 2.28. The lowest BCUT2D eigenvalue weighted by atomic mass is 10.2. The Balaban J connectivity index is 1.66. The first-order valence-electron chi connectivity index (χ1n) is 8.54. The van der Waals surface area contributed by atoms with E-state index in [0.717, 1.165) is 10.6 Å². The van der Waals surface area contributed by atoms with Gasteiger partial charge in [-0.2, -0.15) is 0 Å². The molecule has 0 radical (unpaired) electrons. The van der Waals surface area contributed by atoms with Crippen molar-refractivity contribution in [2.24, 2.45) is 0 Å². The average Bonchev–Trinajstić information content (AvgIpc) is 2.64. The lowest BCUT2D eigenvalue weighted by Crippen LogP contribution is -2.41. The molecule has 0 unspecified atom stereocenters. The van der Waals surface area contributed by atoms with Crippen LogP contribution >= 0.6 is 11.8 Å². The van der Waals surface area contributed by atoms with E-state index in [1.165, 1.54) is 16.7 Å². The molecule has 0 fully saturated rings. The molecule has 0 aliphatic carbocycles. The molecule has 0 spiro atoms. The zero-order valence-corrected chi connectivity index (χ0v) is 15.6. The maximum atomic E-state index is 12.5. The SMILES string of the molecule is CCNC(=O)Nc1cccc(NC(=O)CN2C(=O)CSc3ccccc32)c1. The predicted octanol–water partition coefficient (Wildman–Crippen LogP) is 2.91. The van der Waals surface area contributed by atoms with Crippen LogP contribution in [0.15, 0.2) is 53.4 Å². The Hall–Kier alpha value is -3.00. The molecule has 1 aliphatic rings. The van der Waals surface area contributed by atoms with E-state index in [1.807, 2.05) is 31.2 Å². The first-order valence-corrected chi connectivity index (χ1v) is 9.52. The van der Waals surface area contributed by atoms with Crippen LogP contribution in [0.25, 0.3) is 0 Å². The Bertz CT molecular complexity index is 872. The van der Waals surface area contributed by atoms with Gasteiger partial charge in [0.25, 0.3) is 0 Å². The van der Waals surface area contributed by atoms with Crippen LogP contribution in [0.3, 0.4) is 0 Å². The highest BCUT2D eigenvalue weighted by Crippen LogP contribution is 2.34. The van der Waals surface area contributed by atoms with Crippen LogP contribution in [0.4, 0.5) is 21.9 Å². The summed E-state index contributed by atoms with van der Waals surface area (Å²) in [6, 6.07) is 14.1. The van der Waals surface area contributed by atoms with E-state index in [0.29, 0.717) is 23.7 Å². The summed E-state index contributed by atoms with van der Waals surface area (Å²) in [5.74, 6) is -0.0864. The van der Waals surface area contributed by atoms with Gasteiger partial charge < -0.3 is 20.9 Å². The quantitative estimate of drug-likeness (QED) is 0.739. The van der Waals surface area contributed by atoms with Crippen molar-refractivity contribution >= 4 is 46.7 Å². The molecule has 2 aromatic carbocycles. The largest absolute Gasteiger partial charge is 0.338 e. The number of urea groups is 1. The third-order valence-electron chi connectivity index (χ3n) is 3.85. The number of hydrogen-bond donors (Lipinski definition) is 3. The Morgan fingerprint density at radius 2 is 1.81 bits per heavy atom. The highest BCUT2D eigenvalue weighted by Gasteiger charge is 2.26. The number of nitrogens with one attached hydrogen (secondary N) is 3. The molecular weight excluding hydrogens is 364 g/mol. The van der Waals surface area contributed by atoms with Crippen molar-refractivity contribution in [2.75, 3.05) is 34.4 Å². The molecule has 0 aromatic heterocycles. The molecule has 8 heteroatoms. The van der Waals surface area contributed by atoms with E-state index in [4.69, 9.17) is 0 Å². The van der Waals surface area contributed by atoms with Gasteiger partial charge >= 0.3 is 6.03 Å². The van der Waals surface area contributed by atoms with Crippen LogP contribution in [-0.2, 0) is 9.59 Å². The minimum Gasteiger partial charge on any atom is -0.338 e. The Kier molecular flexibility index (Phi) is 5.97. The smallest absolute Gasteiger partial charge is 0.319 e. The first-order chi connectivity index (χ1) is 13.1. The molecule has 1 heterocycles. The first kappa shape index (κ1) is 18.8. The fourth-order valence-electron chi connectivity index (χ4n) is 2.68. The van der Waals surface area contributed by atoms with E-state index in [2.05, 4.69) is 16.0 Å². The normalized spacial score (nSPS) is 12.9. The number of anilines is 3. The molecule has 3 rings (SSSR count). The summed E-state index contributed by atoms with van der Waals surface area (Å²) >= 11 is 1.47. The van der Waals surface area contributed by atoms with Crippen molar-refractivity contribution in [3.8, 4) is 0 Å². The van der Waals surface area contributed by atoms with Crippen molar-refractivity contribution in [3.05, 3.63) is 48.5 Å². The molecular formula is C19H20N4O3S. The Labute approximate surface area is 161 Å². The van der Waals surface area contributed by atoms with E-state index in [-0.39, 0.29) is 24.4 Å². The lowest BCUT2D eigenvalue weighted by Gasteiger charge is -2.28. The molecule has 140 valence electrons. The molecule has 0 saturated carbocycles. The number of benzene rings is 2. The van der Waals surface area contributed by atoms with Crippen molar-refractivity contribution in [1.29, 1.82) is 0 Å². The number of nitrogens with zero attached hydrogens (tertiary/aromatic N) is 1. The topological polar surface area (TPSA) is 90.5 Å². The zero-order chi connectivity index (χ0) is 19.2. The van der Waals surface area contributed by atoms with E-state index >= 15 is 0 Å². The van der Waals surface area contributed by atoms with Gasteiger partial charge in [0.05, 0.1) is 11.4 Å². The molecule has 3 N–H and O–H groups in total. The Morgan fingerprint density at radius 3 is 2.59 bits per heavy atom. The van der Waals surface area contributed by atoms with E-state index in [1.54, 1.807) is 24.3 Å². The summed E-state index contributed by atoms with van der Waals surface area (Å²) in [6.07, 6.45) is 0. The molecule has 1 aliphatic heterocycles. The summed E-state index contributed by atoms with van der Waals surface area (Å²) in [4.78, 5) is 38.8. The summed E-state index contributed by atoms with van der Waals surface area (Å²) < 4.78 is 0. The van der Waals surface area contributed by atoms with Gasteiger partial charge in [-0.25, -0.2) is 4.79 Å². The van der Waals surface area contributed by atoms with Crippen molar-refractivity contribution in [1.82, 2.24) is 5.32 Å². The van der Waals surface area contributed by atoms with Gasteiger partial charge in [0.1, 0.15) is 6.54 Å². The number of amides is 4. The van der Waals surface area contributed by atoms with Crippen LogP contribution < -0.4 is 20.9 Å². The van der Waals surface area contributed by atoms with Gasteiger partial charge in [-0.15, -0.1) is 11.8 Å². The third-order valence-corrected chi connectivity index (χ3v) is 4.90. The standard InChI is InChI=1S/C19H20N4O3S/c1-2-20-19(26)22-14-7-5-6-13(10-14)21-17(24)11-23-15-8-3-4-9-16(15)27-12-18(23)25/h3-10H,2,11-12H2,1H3,(H,21,24)(H2,20,22,26). The van der Waals surface area contributed by atoms with Gasteiger partial charge in [0, 0.05) is 22.8 Å². The number of thioether (sulfide) groups is 1. The van der Waals surface area contributed by atoms with Gasteiger partial charge in [0.2, 0.25) is 11.8 Å². The van der Waals surface area contributed by atoms with Gasteiger partial charge in [-0.3, -0.25) is 9.59 Å². The average molecular weight is 384 g/mol. The second kappa shape index (κ2) is 8.59. The predicted molar refractivity (Wildman–Crippen MR) is 107 cm³/mol. The number of carbonyl (C=O) groups excluding carboxylic acids is 3. The third kappa shape index (κ3) is 4.79. The van der Waals surface area contributed by atoms with E-state index in [9.17, 15) is 14.4 Å². The van der Waals surface area contributed by atoms with Crippen LogP contribution in [0.1, 0.15) is 6.92 Å². The van der Waals surface area contributed by atoms with Crippen LogP contribution in [0.2, 0.25) is 0 Å². The minimum atomic E-state index is -0.311. The zero-order valence-electron chi connectivity index (χ0n) is 14.8. The number of para-hydroxylation sites is 1. The van der Waals surface area contributed by atoms with Gasteiger partial charge in [0.15, 0.2) is 0 Å². The molecule has 0 bridgehead atoms. The lowest BCUT2D eigenvalue weighted by molar-refractivity contribution is -0.120. The summed E-state index contributed by atoms with van der Waals surface area (Å²) in [5.41, 5.74) is 1.86. The molecule has 4 amide bonds. The Morgan fingerprint density at radius 1 is 1.07 bits per heavy atom. The minimum absolute atomic E-state index is 0.0651. The fourth-order valence-corrected chi connectivity index (χ4v) is 3.62. The van der Waals surface area contributed by atoms with Crippen molar-refractivity contribution in [3.63, 3.8) is 0 Å². The molecule has 7 nitrogen and oxygen atoms in total. The maximum Gasteiger partial charge on any atom is 0.319 e. The molecule has 0 saturated heterocycles. The number of fused-ring (bicyclic) bond motifs is 1. The molecule has 27 heavy (non-hydrogen) atoms. The summed E-state index contributed by atoms with van der Waals surface area (Å²) in [7, 11) is 0. The molecule has 0 atom stereocenters. The molecule has 2 aromatic rings. The van der Waals surface area contributed by atoms with Crippen molar-refractivity contribution < 1.29 is 14.4 Å². The second-order valence-electron chi connectivity index (χ2n) is 5.85. The van der Waals surface area contributed by atoms with Crippen molar-refractivity contribution in [2.45, 2.75) is 11.8 Å². The highest BCUT2D eigenvalue weighted by molar-refractivity contribution is 8.00. The monoisotopic (exact) mass is 384 g/mol. The fraction of sp³-hybridized carbons (Fsp3) is 0.211. The van der Waals surface area contributed by atoms with Gasteiger partial charge in [-0.05, 0) is 37.3 Å². The van der Waals surface area contributed by atoms with E-state index < -0.39 is 0 Å². The number of hydrogen-bond acceptors (Lipinski definition) is 4. The number of carbonyl (C=O) groups is 3. The van der Waals surface area contributed by atoms with Crippen LogP contribution in [0, 0.1) is 0 Å². The van der Waals surface area contributed by atoms with Crippen LogP contribution in [-0.4, -0.2) is 36.7 Å². The number of rotatable bonds is 5. The second-order valence-corrected chi connectivity index (χ2v) is 6.87. The highest BCUT2D eigenvalue weighted by atomic mass is 32.2. The maximum absolute atomic E-state index is 12.5. The van der Waals surface area contributed by atoms with Gasteiger partial charge in [-0.1, -0.05) is 18.2 Å². The van der Waals surface area contributed by atoms with Crippen LogP contribution in [0.5, 0.6) is 0 Å². The summed E-state index contributed by atoms with van der Waals surface area (Å²) in [5, 5.41) is 8.10.